The van der Waals surface area contributed by atoms with Crippen LogP contribution in [0.5, 0.6) is 0 Å². The number of nitrogens with one attached hydrogen (secondary N) is 1. The van der Waals surface area contributed by atoms with Crippen LogP contribution < -0.4 is 5.32 Å². The normalized spacial score (nSPS) is 24.2. The van der Waals surface area contributed by atoms with E-state index in [4.69, 9.17) is 18.9 Å². The molecular formula is C73H121NO13. The molecule has 2 saturated heterocycles. The molecule has 2 rings (SSSR count). The Labute approximate surface area is 526 Å². The molecule has 0 aromatic heterocycles. The average molecular weight is 1220 g/mol. The molecule has 2 aliphatic rings. The van der Waals surface area contributed by atoms with Gasteiger partial charge in [-0.25, -0.2) is 0 Å². The van der Waals surface area contributed by atoms with Gasteiger partial charge in [-0.3, -0.25) is 4.79 Å². The smallest absolute Gasteiger partial charge is 0.220 e. The highest BCUT2D eigenvalue weighted by atomic mass is 16.7. The summed E-state index contributed by atoms with van der Waals surface area (Å²) < 4.78 is 22.8. The summed E-state index contributed by atoms with van der Waals surface area (Å²) >= 11 is 0. The molecule has 2 fully saturated rings. The van der Waals surface area contributed by atoms with E-state index in [1.54, 1.807) is 0 Å². The molecule has 0 aliphatic carbocycles. The number of carbonyl (C=O) groups is 1. The first-order valence-electron chi connectivity index (χ1n) is 33.9. The third-order valence-corrected chi connectivity index (χ3v) is 15.6. The monoisotopic (exact) mass is 1220 g/mol. The van der Waals surface area contributed by atoms with Gasteiger partial charge < -0.3 is 65.1 Å². The van der Waals surface area contributed by atoms with Crippen LogP contribution in [0.2, 0.25) is 0 Å². The van der Waals surface area contributed by atoms with Gasteiger partial charge in [0.2, 0.25) is 5.91 Å². The zero-order valence-corrected chi connectivity index (χ0v) is 53.7. The Morgan fingerprint density at radius 3 is 1.21 bits per heavy atom. The fourth-order valence-corrected chi connectivity index (χ4v) is 10.2. The van der Waals surface area contributed by atoms with Crippen LogP contribution >= 0.6 is 0 Å². The van der Waals surface area contributed by atoms with Crippen LogP contribution in [-0.4, -0.2) is 140 Å². The maximum atomic E-state index is 13.3. The molecule has 0 saturated carbocycles. The summed E-state index contributed by atoms with van der Waals surface area (Å²) in [6, 6.07) is -0.857. The van der Waals surface area contributed by atoms with E-state index in [2.05, 4.69) is 153 Å². The van der Waals surface area contributed by atoms with E-state index in [1.165, 1.54) is 77.0 Å². The van der Waals surface area contributed by atoms with Crippen LogP contribution in [0.25, 0.3) is 0 Å². The number of aliphatic hydroxyl groups is 8. The second-order valence-electron chi connectivity index (χ2n) is 23.2. The van der Waals surface area contributed by atoms with Crippen molar-refractivity contribution in [2.45, 2.75) is 299 Å². The van der Waals surface area contributed by atoms with Crippen LogP contribution in [-0.2, 0) is 23.7 Å². The number of allylic oxidation sites excluding steroid dienone is 22. The second kappa shape index (κ2) is 56.1. The molecule has 14 heteroatoms. The van der Waals surface area contributed by atoms with E-state index in [0.29, 0.717) is 12.8 Å². The van der Waals surface area contributed by atoms with Crippen molar-refractivity contribution in [1.82, 2.24) is 5.32 Å². The Morgan fingerprint density at radius 1 is 0.425 bits per heavy atom. The third kappa shape index (κ3) is 40.5. The summed E-state index contributed by atoms with van der Waals surface area (Å²) in [4.78, 5) is 13.3. The minimum atomic E-state index is -1.79. The van der Waals surface area contributed by atoms with Crippen LogP contribution in [0.1, 0.15) is 226 Å². The van der Waals surface area contributed by atoms with E-state index in [1.807, 2.05) is 0 Å². The summed E-state index contributed by atoms with van der Waals surface area (Å²) in [5, 5.41) is 87.4. The van der Waals surface area contributed by atoms with E-state index in [0.717, 1.165) is 116 Å². The highest BCUT2D eigenvalue weighted by Crippen LogP contribution is 2.30. The zero-order chi connectivity index (χ0) is 63.1. The molecule has 496 valence electrons. The van der Waals surface area contributed by atoms with Crippen LogP contribution in [0.15, 0.2) is 134 Å². The standard InChI is InChI=1S/C73H121NO13/c1-3-5-7-9-11-13-15-17-19-21-22-23-24-25-26-27-28-29-30-31-32-33-34-35-36-37-38-39-40-41-43-45-47-49-51-53-55-57-65(78)74-61(62(77)56-54-52-50-48-46-44-42-20-18-16-14-12-10-8-6-4-2)60-84-72-70(83)68(81)71(64(59-76)86-72)87-73-69(82)67(80)66(79)63(58-75)85-73/h5,7,11,13,17,19,22-23,25-26,28-29,31-32,34-35,37-38,40-41,45,47,61-64,66-73,75-77,79-83H,3-4,6,8-10,12,14-16,18,20-21,24,27,30,33,36,39,42-44,46,48-60H2,1-2H3,(H,74,78)/b7-5-,13-11-,19-17-,23-22-,26-25-,29-28-,32-31-,35-34-,38-37-,41-40-,47-45-. The van der Waals surface area contributed by atoms with E-state index >= 15 is 0 Å². The molecule has 2 heterocycles. The van der Waals surface area contributed by atoms with Gasteiger partial charge in [0.15, 0.2) is 12.6 Å². The van der Waals surface area contributed by atoms with Gasteiger partial charge in [-0.2, -0.15) is 0 Å². The van der Waals surface area contributed by atoms with Crippen molar-refractivity contribution in [2.24, 2.45) is 0 Å². The molecule has 0 aromatic rings. The molecular weight excluding hydrogens is 1100 g/mol. The molecule has 0 spiro atoms. The fraction of sp³-hybridized carbons (Fsp3) is 0.685. The Bertz CT molecular complexity index is 1970. The molecule has 2 aliphatic heterocycles. The second-order valence-corrected chi connectivity index (χ2v) is 23.2. The summed E-state index contributed by atoms with van der Waals surface area (Å²) in [6.07, 6.45) is 66.0. The quantitative estimate of drug-likeness (QED) is 0.0204. The average Bonchev–Trinajstić information content (AvgIpc) is 2.36. The number of carbonyl (C=O) groups excluding carboxylic acids is 1. The van der Waals surface area contributed by atoms with Crippen molar-refractivity contribution in [1.29, 1.82) is 0 Å². The fourth-order valence-electron chi connectivity index (χ4n) is 10.2. The lowest BCUT2D eigenvalue weighted by Crippen LogP contribution is -2.65. The number of hydrogen-bond acceptors (Lipinski definition) is 13. The lowest BCUT2D eigenvalue weighted by molar-refractivity contribution is -0.359. The van der Waals surface area contributed by atoms with Gasteiger partial charge in [0, 0.05) is 6.42 Å². The molecule has 14 nitrogen and oxygen atoms in total. The van der Waals surface area contributed by atoms with Crippen molar-refractivity contribution in [3.63, 3.8) is 0 Å². The molecule has 12 atom stereocenters. The van der Waals surface area contributed by atoms with Crippen molar-refractivity contribution >= 4 is 5.91 Å². The SMILES string of the molecule is CC/C=C\C/C=C\C/C=C\C/C=C\C/C=C\C/C=C\C/C=C\C/C=C\C/C=C\C/C=C\C/C=C\CCCCCC(=O)NC(COC1OC(CO)C(OC2OC(CO)C(O)C(O)C2O)C(O)C1O)C(O)CCCCCCCCCCCCCCCCCC. The first-order valence-corrected chi connectivity index (χ1v) is 33.9. The highest BCUT2D eigenvalue weighted by molar-refractivity contribution is 5.76. The van der Waals surface area contributed by atoms with Crippen molar-refractivity contribution in [3.8, 4) is 0 Å². The van der Waals surface area contributed by atoms with Gasteiger partial charge in [-0.1, -0.05) is 257 Å². The number of aliphatic hydroxyl groups excluding tert-OH is 8. The largest absolute Gasteiger partial charge is 0.394 e. The lowest BCUT2D eigenvalue weighted by Gasteiger charge is -2.46. The number of amides is 1. The van der Waals surface area contributed by atoms with Gasteiger partial charge >= 0.3 is 0 Å². The summed E-state index contributed by atoms with van der Waals surface area (Å²) in [5.41, 5.74) is 0. The van der Waals surface area contributed by atoms with Crippen molar-refractivity contribution < 1.29 is 64.6 Å². The number of rotatable bonds is 53. The van der Waals surface area contributed by atoms with Crippen LogP contribution in [0.4, 0.5) is 0 Å². The molecule has 9 N–H and O–H groups in total. The summed E-state index contributed by atoms with van der Waals surface area (Å²) in [6.45, 7) is 2.72. The van der Waals surface area contributed by atoms with E-state index < -0.39 is 86.8 Å². The van der Waals surface area contributed by atoms with Gasteiger partial charge in [-0.15, -0.1) is 0 Å². The molecule has 0 aromatic carbocycles. The zero-order valence-electron chi connectivity index (χ0n) is 53.7. The predicted octanol–water partition coefficient (Wildman–Crippen LogP) is 13.5. The Kier molecular flexibility index (Phi) is 51.1. The molecule has 12 unspecified atom stereocenters. The van der Waals surface area contributed by atoms with Crippen LogP contribution in [0, 0.1) is 0 Å². The number of hydrogen-bond donors (Lipinski definition) is 9. The number of unbranched alkanes of at least 4 members (excludes halogenated alkanes) is 18. The van der Waals surface area contributed by atoms with Gasteiger partial charge in [0.05, 0.1) is 32.0 Å². The highest BCUT2D eigenvalue weighted by Gasteiger charge is 2.51. The molecule has 0 bridgehead atoms. The molecule has 1 amide bonds. The first kappa shape index (κ1) is 79.2. The number of ether oxygens (including phenoxy) is 4. The first-order chi connectivity index (χ1) is 42.6. The Balaban J connectivity index is 1.68. The van der Waals surface area contributed by atoms with Gasteiger partial charge in [0.25, 0.3) is 0 Å². The minimum Gasteiger partial charge on any atom is -0.394 e. The molecule has 0 radical (unpaired) electrons. The topological polar surface area (TPSA) is 228 Å². The third-order valence-electron chi connectivity index (χ3n) is 15.6. The van der Waals surface area contributed by atoms with E-state index in [9.17, 15) is 45.6 Å². The Hall–Kier alpha value is -3.87. The maximum Gasteiger partial charge on any atom is 0.220 e. The van der Waals surface area contributed by atoms with Crippen molar-refractivity contribution in [2.75, 3.05) is 19.8 Å². The van der Waals surface area contributed by atoms with Crippen molar-refractivity contribution in [3.05, 3.63) is 134 Å². The summed E-state index contributed by atoms with van der Waals surface area (Å²) in [5.74, 6) is -0.243. The predicted molar refractivity (Wildman–Crippen MR) is 355 cm³/mol. The maximum absolute atomic E-state index is 13.3. The van der Waals surface area contributed by atoms with Gasteiger partial charge in [-0.05, 0) is 96.3 Å². The van der Waals surface area contributed by atoms with Crippen LogP contribution in [0.3, 0.4) is 0 Å². The Morgan fingerprint density at radius 2 is 0.793 bits per heavy atom. The minimum absolute atomic E-state index is 0.243. The van der Waals surface area contributed by atoms with Gasteiger partial charge in [0.1, 0.15) is 48.8 Å². The summed E-state index contributed by atoms with van der Waals surface area (Å²) in [7, 11) is 0. The van der Waals surface area contributed by atoms with E-state index in [-0.39, 0.29) is 18.9 Å². The lowest BCUT2D eigenvalue weighted by atomic mass is 9.97. The molecule has 87 heavy (non-hydrogen) atoms.